The molecule has 0 saturated carbocycles. The van der Waals surface area contributed by atoms with E-state index in [1.165, 1.54) is 6.33 Å². The van der Waals surface area contributed by atoms with Crippen LogP contribution in [0.3, 0.4) is 0 Å². The van der Waals surface area contributed by atoms with E-state index in [-0.39, 0.29) is 6.61 Å². The van der Waals surface area contributed by atoms with Crippen molar-refractivity contribution in [1.29, 1.82) is 0 Å². The molecule has 0 bridgehead atoms. The van der Waals surface area contributed by atoms with E-state index < -0.39 is 0 Å². The topological polar surface area (TPSA) is 58.5 Å². The molecule has 0 aliphatic carbocycles. The Hall–Kier alpha value is -1.07. The molecule has 1 atom stereocenters. The van der Waals surface area contributed by atoms with Crippen molar-refractivity contribution in [2.24, 2.45) is 5.92 Å². The highest BCUT2D eigenvalue weighted by molar-refractivity contribution is 6.31. The van der Waals surface area contributed by atoms with Gasteiger partial charge in [0.05, 0.1) is 7.11 Å². The SMILES string of the molecule is COc1c(Cl)ncnc1N1CCC(CCO)C1. The number of rotatable bonds is 4. The van der Waals surface area contributed by atoms with Crippen LogP contribution < -0.4 is 9.64 Å². The first kappa shape index (κ1) is 12.4. The Labute approximate surface area is 105 Å². The number of nitrogens with zero attached hydrogens (tertiary/aromatic N) is 3. The van der Waals surface area contributed by atoms with E-state index in [2.05, 4.69) is 14.9 Å². The molecule has 0 spiro atoms. The van der Waals surface area contributed by atoms with Gasteiger partial charge in [-0.05, 0) is 18.8 Å². The lowest BCUT2D eigenvalue weighted by molar-refractivity contribution is 0.263. The van der Waals surface area contributed by atoms with Gasteiger partial charge in [-0.15, -0.1) is 0 Å². The average molecular weight is 258 g/mol. The van der Waals surface area contributed by atoms with E-state index in [1.54, 1.807) is 7.11 Å². The van der Waals surface area contributed by atoms with Crippen molar-refractivity contribution in [3.05, 3.63) is 11.5 Å². The van der Waals surface area contributed by atoms with Gasteiger partial charge in [-0.1, -0.05) is 11.6 Å². The number of ether oxygens (including phenoxy) is 1. The molecule has 5 nitrogen and oxygen atoms in total. The Kier molecular flexibility index (Phi) is 4.02. The normalized spacial score (nSPS) is 19.7. The molecule has 94 valence electrons. The van der Waals surface area contributed by atoms with Gasteiger partial charge in [0.15, 0.2) is 16.7 Å². The summed E-state index contributed by atoms with van der Waals surface area (Å²) in [4.78, 5) is 10.3. The summed E-state index contributed by atoms with van der Waals surface area (Å²) in [6.07, 6.45) is 3.34. The average Bonchev–Trinajstić information content (AvgIpc) is 2.78. The van der Waals surface area contributed by atoms with Gasteiger partial charge >= 0.3 is 0 Å². The summed E-state index contributed by atoms with van der Waals surface area (Å²) in [5.74, 6) is 1.78. The lowest BCUT2D eigenvalue weighted by Gasteiger charge is -2.19. The van der Waals surface area contributed by atoms with Crippen LogP contribution in [0.2, 0.25) is 5.15 Å². The van der Waals surface area contributed by atoms with Crippen molar-refractivity contribution in [1.82, 2.24) is 9.97 Å². The first-order valence-electron chi connectivity index (χ1n) is 5.66. The standard InChI is InChI=1S/C11H16ClN3O2/c1-17-9-10(12)13-7-14-11(9)15-4-2-8(6-15)3-5-16/h7-8,16H,2-6H2,1H3. The molecular weight excluding hydrogens is 242 g/mol. The molecular formula is C11H16ClN3O2. The maximum Gasteiger partial charge on any atom is 0.199 e. The fourth-order valence-corrected chi connectivity index (χ4v) is 2.39. The molecule has 0 radical (unpaired) electrons. The molecule has 1 aromatic heterocycles. The van der Waals surface area contributed by atoms with Gasteiger partial charge in [0, 0.05) is 19.7 Å². The van der Waals surface area contributed by atoms with Gasteiger partial charge in [-0.25, -0.2) is 9.97 Å². The lowest BCUT2D eigenvalue weighted by atomic mass is 10.1. The summed E-state index contributed by atoms with van der Waals surface area (Å²) in [5.41, 5.74) is 0. The van der Waals surface area contributed by atoms with Crippen molar-refractivity contribution in [3.63, 3.8) is 0 Å². The van der Waals surface area contributed by atoms with Gasteiger partial charge in [-0.2, -0.15) is 0 Å². The molecule has 2 heterocycles. The van der Waals surface area contributed by atoms with Crippen LogP contribution in [0, 0.1) is 5.92 Å². The zero-order valence-corrected chi connectivity index (χ0v) is 10.5. The third-order valence-corrected chi connectivity index (χ3v) is 3.34. The predicted octanol–water partition coefficient (Wildman–Crippen LogP) is 1.35. The number of halogens is 1. The molecule has 2 rings (SSSR count). The number of aliphatic hydroxyl groups is 1. The summed E-state index contributed by atoms with van der Waals surface area (Å²) >= 11 is 5.96. The summed E-state index contributed by atoms with van der Waals surface area (Å²) in [7, 11) is 1.56. The van der Waals surface area contributed by atoms with Crippen molar-refractivity contribution < 1.29 is 9.84 Å². The molecule has 1 fully saturated rings. The number of hydrogen-bond acceptors (Lipinski definition) is 5. The molecule has 0 amide bonds. The van der Waals surface area contributed by atoms with E-state index in [0.29, 0.717) is 16.8 Å². The van der Waals surface area contributed by atoms with Gasteiger partial charge in [0.1, 0.15) is 6.33 Å². The van der Waals surface area contributed by atoms with E-state index in [4.69, 9.17) is 21.4 Å². The maximum absolute atomic E-state index is 8.94. The molecule has 1 N–H and O–H groups in total. The Morgan fingerprint density at radius 1 is 1.59 bits per heavy atom. The number of aliphatic hydroxyl groups excluding tert-OH is 1. The van der Waals surface area contributed by atoms with Crippen LogP contribution in [0.1, 0.15) is 12.8 Å². The van der Waals surface area contributed by atoms with E-state index in [0.717, 1.165) is 31.7 Å². The zero-order valence-electron chi connectivity index (χ0n) is 9.77. The van der Waals surface area contributed by atoms with Crippen LogP contribution in [0.15, 0.2) is 6.33 Å². The zero-order chi connectivity index (χ0) is 12.3. The molecule has 1 aliphatic rings. The maximum atomic E-state index is 8.94. The summed E-state index contributed by atoms with van der Waals surface area (Å²) in [6, 6.07) is 0. The summed E-state index contributed by atoms with van der Waals surface area (Å²) in [5, 5.41) is 9.27. The van der Waals surface area contributed by atoms with Gasteiger partial charge in [0.25, 0.3) is 0 Å². The Morgan fingerprint density at radius 3 is 3.12 bits per heavy atom. The van der Waals surface area contributed by atoms with Gasteiger partial charge in [0.2, 0.25) is 0 Å². The Balaban J connectivity index is 2.15. The second-order valence-corrected chi connectivity index (χ2v) is 4.49. The minimum atomic E-state index is 0.236. The number of anilines is 1. The monoisotopic (exact) mass is 257 g/mol. The van der Waals surface area contributed by atoms with Crippen LogP contribution in [0.25, 0.3) is 0 Å². The number of hydrogen-bond donors (Lipinski definition) is 1. The molecule has 17 heavy (non-hydrogen) atoms. The molecule has 6 heteroatoms. The minimum absolute atomic E-state index is 0.236. The van der Waals surface area contributed by atoms with Crippen LogP contribution in [0.4, 0.5) is 5.82 Å². The van der Waals surface area contributed by atoms with Crippen molar-refractivity contribution in [3.8, 4) is 5.75 Å². The second-order valence-electron chi connectivity index (χ2n) is 4.13. The first-order chi connectivity index (χ1) is 8.26. The molecule has 1 saturated heterocycles. The van der Waals surface area contributed by atoms with E-state index >= 15 is 0 Å². The fraction of sp³-hybridized carbons (Fsp3) is 0.636. The molecule has 1 unspecified atom stereocenters. The number of methoxy groups -OCH3 is 1. The lowest BCUT2D eigenvalue weighted by Crippen LogP contribution is -2.22. The smallest absolute Gasteiger partial charge is 0.199 e. The predicted molar refractivity (Wildman–Crippen MR) is 65.6 cm³/mol. The molecule has 1 aliphatic heterocycles. The van der Waals surface area contributed by atoms with Crippen molar-refractivity contribution >= 4 is 17.4 Å². The van der Waals surface area contributed by atoms with Crippen LogP contribution >= 0.6 is 11.6 Å². The first-order valence-corrected chi connectivity index (χ1v) is 6.04. The van der Waals surface area contributed by atoms with Gasteiger partial charge < -0.3 is 14.7 Å². The Morgan fingerprint density at radius 2 is 2.41 bits per heavy atom. The second kappa shape index (κ2) is 5.51. The van der Waals surface area contributed by atoms with E-state index in [9.17, 15) is 0 Å². The van der Waals surface area contributed by atoms with Crippen LogP contribution in [-0.4, -0.2) is 41.9 Å². The largest absolute Gasteiger partial charge is 0.490 e. The minimum Gasteiger partial charge on any atom is -0.490 e. The van der Waals surface area contributed by atoms with Gasteiger partial charge in [-0.3, -0.25) is 0 Å². The summed E-state index contributed by atoms with van der Waals surface area (Å²) in [6.45, 7) is 2.03. The van der Waals surface area contributed by atoms with Crippen molar-refractivity contribution in [2.75, 3.05) is 31.7 Å². The third-order valence-electron chi connectivity index (χ3n) is 3.07. The quantitative estimate of drug-likeness (QED) is 0.825. The summed E-state index contributed by atoms with van der Waals surface area (Å²) < 4.78 is 5.24. The highest BCUT2D eigenvalue weighted by atomic mass is 35.5. The van der Waals surface area contributed by atoms with Crippen molar-refractivity contribution in [2.45, 2.75) is 12.8 Å². The number of aromatic nitrogens is 2. The van der Waals surface area contributed by atoms with Crippen LogP contribution in [0.5, 0.6) is 5.75 Å². The molecule has 1 aromatic rings. The third kappa shape index (κ3) is 2.61. The molecule has 0 aromatic carbocycles. The Bertz CT molecular complexity index is 389. The van der Waals surface area contributed by atoms with E-state index in [1.807, 2.05) is 0 Å². The van der Waals surface area contributed by atoms with Crippen LogP contribution in [-0.2, 0) is 0 Å². The highest BCUT2D eigenvalue weighted by Gasteiger charge is 2.26. The highest BCUT2D eigenvalue weighted by Crippen LogP contribution is 2.34. The fourth-order valence-electron chi connectivity index (χ4n) is 2.19.